The number of hydrogen-bond donors (Lipinski definition) is 0. The Morgan fingerprint density at radius 1 is 1.27 bits per heavy atom. The Kier molecular flexibility index (Phi) is 3.76. The van der Waals surface area contributed by atoms with Crippen molar-refractivity contribution in [2.24, 2.45) is 0 Å². The summed E-state index contributed by atoms with van der Waals surface area (Å²) in [6.45, 7) is 1.55. The van der Waals surface area contributed by atoms with Crippen molar-refractivity contribution in [3.8, 4) is 0 Å². The maximum atomic E-state index is 12.2. The lowest BCUT2D eigenvalue weighted by Crippen LogP contribution is -2.22. The van der Waals surface area contributed by atoms with Crippen LogP contribution in [0.3, 0.4) is 0 Å². The molecule has 1 aromatic carbocycles. The van der Waals surface area contributed by atoms with Gasteiger partial charge in [0.15, 0.2) is 0 Å². The predicted octanol–water partition coefficient (Wildman–Crippen LogP) is 2.54. The molecule has 1 unspecified atom stereocenters. The first kappa shape index (κ1) is 12.1. The van der Waals surface area contributed by atoms with Crippen molar-refractivity contribution in [2.45, 2.75) is 18.6 Å². The zero-order valence-corrected chi connectivity index (χ0v) is 8.92. The maximum Gasteiger partial charge on any atom is 0.275 e. The van der Waals surface area contributed by atoms with Gasteiger partial charge in [-0.25, -0.2) is 8.42 Å². The molecule has 3 nitrogen and oxygen atoms in total. The number of halogens is 2. The molecular weight excluding hydrogens is 224 g/mol. The Labute approximate surface area is 87.2 Å². The van der Waals surface area contributed by atoms with E-state index in [1.54, 1.807) is 25.1 Å². The first-order valence-electron chi connectivity index (χ1n) is 4.40. The summed E-state index contributed by atoms with van der Waals surface area (Å²) in [7, 11) is -4.54. The van der Waals surface area contributed by atoms with Gasteiger partial charge in [0.2, 0.25) is 0 Å². The zero-order chi connectivity index (χ0) is 11.5. The van der Waals surface area contributed by atoms with Crippen LogP contribution in [0.2, 0.25) is 0 Å². The highest BCUT2D eigenvalue weighted by Gasteiger charge is 2.33. The number of benzene rings is 1. The number of sulfonamides is 1. The van der Waals surface area contributed by atoms with E-state index in [1.165, 1.54) is 12.1 Å². The molecule has 0 spiro atoms. The molecule has 0 aliphatic carbocycles. The second-order valence-electron chi connectivity index (χ2n) is 3.02. The van der Waals surface area contributed by atoms with E-state index in [-0.39, 0.29) is 6.42 Å². The average molecular weight is 235 g/mol. The van der Waals surface area contributed by atoms with Crippen molar-refractivity contribution in [2.75, 3.05) is 0 Å². The van der Waals surface area contributed by atoms with Gasteiger partial charge in [-0.3, -0.25) is 0 Å². The molecule has 6 heteroatoms. The topological polar surface area (TPSA) is 37.4 Å². The van der Waals surface area contributed by atoms with Gasteiger partial charge in [0, 0.05) is 0 Å². The van der Waals surface area contributed by atoms with Gasteiger partial charge >= 0.3 is 0 Å². The van der Waals surface area contributed by atoms with Crippen molar-refractivity contribution in [1.29, 1.82) is 0 Å². The van der Waals surface area contributed by atoms with E-state index in [0.29, 0.717) is 5.56 Å². The van der Waals surface area contributed by atoms with E-state index < -0.39 is 20.0 Å². The van der Waals surface area contributed by atoms with Gasteiger partial charge in [0.05, 0.1) is 0 Å². The van der Waals surface area contributed by atoms with E-state index in [9.17, 15) is 17.4 Å². The number of hydrogen-bond acceptors (Lipinski definition) is 2. The second kappa shape index (κ2) is 4.67. The Morgan fingerprint density at radius 3 is 2.20 bits per heavy atom. The van der Waals surface area contributed by atoms with Gasteiger partial charge in [0.25, 0.3) is 10.0 Å². The van der Waals surface area contributed by atoms with Crippen molar-refractivity contribution < 1.29 is 17.4 Å². The molecule has 0 aromatic heterocycles. The van der Waals surface area contributed by atoms with Crippen molar-refractivity contribution in [1.82, 2.24) is 4.75 Å². The Morgan fingerprint density at radius 2 is 1.80 bits per heavy atom. The fourth-order valence-corrected chi connectivity index (χ4v) is 2.50. The third kappa shape index (κ3) is 2.51. The Hall–Kier alpha value is -1.01. The maximum absolute atomic E-state index is 12.2. The summed E-state index contributed by atoms with van der Waals surface area (Å²) >= 11 is 0. The minimum atomic E-state index is -4.54. The lowest BCUT2D eigenvalue weighted by Gasteiger charge is -2.15. The SMILES string of the molecule is CCC(c1ccccc1)S(=O)(=O)N(F)F. The van der Waals surface area contributed by atoms with Gasteiger partial charge in [-0.15, -0.1) is 0 Å². The van der Waals surface area contributed by atoms with Crippen LogP contribution in [0.1, 0.15) is 24.2 Å². The fourth-order valence-electron chi connectivity index (χ4n) is 1.38. The highest BCUT2D eigenvalue weighted by Crippen LogP contribution is 2.28. The molecule has 1 aromatic rings. The Bertz CT molecular complexity index is 405. The van der Waals surface area contributed by atoms with Crippen molar-refractivity contribution in [3.63, 3.8) is 0 Å². The lowest BCUT2D eigenvalue weighted by molar-refractivity contribution is -0.0550. The van der Waals surface area contributed by atoms with E-state index in [2.05, 4.69) is 0 Å². The first-order chi connectivity index (χ1) is 7.00. The molecule has 0 fully saturated rings. The normalized spacial score (nSPS) is 14.1. The van der Waals surface area contributed by atoms with Crippen LogP contribution in [0.5, 0.6) is 0 Å². The first-order valence-corrected chi connectivity index (χ1v) is 5.91. The number of rotatable bonds is 4. The van der Waals surface area contributed by atoms with E-state index in [4.69, 9.17) is 0 Å². The molecular formula is C9H11F2NO2S. The molecule has 0 heterocycles. The molecule has 0 saturated heterocycles. The van der Waals surface area contributed by atoms with Crippen LogP contribution in [-0.2, 0) is 10.0 Å². The minimum Gasteiger partial charge on any atom is -0.207 e. The highest BCUT2D eigenvalue weighted by atomic mass is 32.2. The molecule has 0 radical (unpaired) electrons. The van der Waals surface area contributed by atoms with Gasteiger partial charge in [-0.05, 0) is 12.0 Å². The number of nitrogens with zero attached hydrogens (tertiary/aromatic N) is 1. The van der Waals surface area contributed by atoms with Crippen molar-refractivity contribution in [3.05, 3.63) is 35.9 Å². The second-order valence-corrected chi connectivity index (χ2v) is 4.90. The molecule has 15 heavy (non-hydrogen) atoms. The molecule has 0 saturated carbocycles. The minimum absolute atomic E-state index is 0.108. The summed E-state index contributed by atoms with van der Waals surface area (Å²) in [4.78, 5) is 0. The smallest absolute Gasteiger partial charge is 0.207 e. The predicted molar refractivity (Wildman–Crippen MR) is 52.4 cm³/mol. The molecule has 0 aliphatic rings. The van der Waals surface area contributed by atoms with E-state index in [1.807, 2.05) is 0 Å². The van der Waals surface area contributed by atoms with Crippen LogP contribution in [0.15, 0.2) is 30.3 Å². The molecule has 0 bridgehead atoms. The monoisotopic (exact) mass is 235 g/mol. The summed E-state index contributed by atoms with van der Waals surface area (Å²) in [6, 6.07) is 7.98. The fraction of sp³-hybridized carbons (Fsp3) is 0.333. The summed E-state index contributed by atoms with van der Waals surface area (Å²) in [5.41, 5.74) is 0.375. The van der Waals surface area contributed by atoms with Crippen LogP contribution in [-0.4, -0.2) is 13.2 Å². The summed E-state index contributed by atoms with van der Waals surface area (Å²) in [5, 5.41) is -1.19. The summed E-state index contributed by atoms with van der Waals surface area (Å²) < 4.78 is 45.1. The van der Waals surface area contributed by atoms with Crippen LogP contribution in [0.25, 0.3) is 0 Å². The lowest BCUT2D eigenvalue weighted by atomic mass is 10.1. The van der Waals surface area contributed by atoms with Gasteiger partial charge in [-0.2, -0.15) is 0 Å². The van der Waals surface area contributed by atoms with Crippen molar-refractivity contribution >= 4 is 10.0 Å². The van der Waals surface area contributed by atoms with E-state index >= 15 is 0 Å². The highest BCUT2D eigenvalue weighted by molar-refractivity contribution is 7.89. The largest absolute Gasteiger partial charge is 0.275 e. The standard InChI is InChI=1S/C9H11F2NO2S/c1-2-9(15(13,14)12(10)11)8-6-4-3-5-7-8/h3-7,9H,2H2,1H3. The van der Waals surface area contributed by atoms with Crippen LogP contribution in [0, 0.1) is 0 Å². The van der Waals surface area contributed by atoms with E-state index in [0.717, 1.165) is 0 Å². The zero-order valence-electron chi connectivity index (χ0n) is 8.10. The third-order valence-corrected chi connectivity index (χ3v) is 3.80. The van der Waals surface area contributed by atoms with Crippen LogP contribution in [0.4, 0.5) is 8.96 Å². The summed E-state index contributed by atoms with van der Waals surface area (Å²) in [5.74, 6) is 0. The third-order valence-electron chi connectivity index (χ3n) is 2.09. The average Bonchev–Trinajstić information content (AvgIpc) is 2.19. The van der Waals surface area contributed by atoms with Gasteiger partial charge in [-0.1, -0.05) is 46.2 Å². The molecule has 0 N–H and O–H groups in total. The molecule has 84 valence electrons. The van der Waals surface area contributed by atoms with Gasteiger partial charge in [0.1, 0.15) is 10.00 Å². The molecule has 1 atom stereocenters. The molecule has 0 amide bonds. The molecule has 0 aliphatic heterocycles. The molecule has 1 rings (SSSR count). The Balaban J connectivity index is 3.11. The summed E-state index contributed by atoms with van der Waals surface area (Å²) in [6.07, 6.45) is 0.108. The van der Waals surface area contributed by atoms with Crippen LogP contribution >= 0.6 is 0 Å². The quantitative estimate of drug-likeness (QED) is 0.752. The van der Waals surface area contributed by atoms with Crippen LogP contribution < -0.4 is 0 Å². The van der Waals surface area contributed by atoms with Gasteiger partial charge < -0.3 is 0 Å².